The van der Waals surface area contributed by atoms with Gasteiger partial charge in [0, 0.05) is 11.8 Å². The van der Waals surface area contributed by atoms with Crippen molar-refractivity contribution in [1.82, 2.24) is 9.88 Å². The van der Waals surface area contributed by atoms with Crippen molar-refractivity contribution in [2.75, 3.05) is 18.1 Å². The fourth-order valence-corrected chi connectivity index (χ4v) is 3.63. The van der Waals surface area contributed by atoms with E-state index < -0.39 is 32.2 Å². The summed E-state index contributed by atoms with van der Waals surface area (Å²) in [6.07, 6.45) is 3.00. The molecule has 1 aliphatic rings. The lowest BCUT2D eigenvalue weighted by Gasteiger charge is -2.19. The monoisotopic (exact) mass is 443 g/mol. The van der Waals surface area contributed by atoms with Gasteiger partial charge >= 0.3 is 11.5 Å². The van der Waals surface area contributed by atoms with Crippen LogP contribution in [0.3, 0.4) is 0 Å². The third-order valence-corrected chi connectivity index (χ3v) is 5.78. The molecule has 1 fully saturated rings. The van der Waals surface area contributed by atoms with Crippen LogP contribution in [0.1, 0.15) is 12.5 Å². The zero-order chi connectivity index (χ0) is 22.1. The number of benzene rings is 1. The van der Waals surface area contributed by atoms with Crippen molar-refractivity contribution in [2.24, 2.45) is 0 Å². The van der Waals surface area contributed by atoms with Crippen LogP contribution in [0.15, 0.2) is 47.6 Å². The summed E-state index contributed by atoms with van der Waals surface area (Å²) in [6, 6.07) is 4.33. The highest BCUT2D eigenvalue weighted by Crippen LogP contribution is 2.32. The van der Waals surface area contributed by atoms with Gasteiger partial charge in [0.1, 0.15) is 12.3 Å². The number of aromatic nitrogens is 1. The zero-order valence-corrected chi connectivity index (χ0v) is 16.4. The number of alkyl halides is 3. The van der Waals surface area contributed by atoms with E-state index in [1.54, 1.807) is 13.0 Å². The van der Waals surface area contributed by atoms with E-state index in [2.05, 4.69) is 4.98 Å². The van der Waals surface area contributed by atoms with Crippen LogP contribution in [0.4, 0.5) is 23.7 Å². The second kappa shape index (κ2) is 7.94. The second-order valence-electron chi connectivity index (χ2n) is 6.23. The molecular formula is C18H16F3N3O5S. The molecule has 0 saturated carbocycles. The summed E-state index contributed by atoms with van der Waals surface area (Å²) >= 11 is 0. The van der Waals surface area contributed by atoms with E-state index in [-0.39, 0.29) is 18.8 Å². The summed E-state index contributed by atoms with van der Waals surface area (Å²) in [5, 5.41) is 0. The normalized spacial score (nSPS) is 15.1. The van der Waals surface area contributed by atoms with Crippen molar-refractivity contribution in [3.8, 4) is 5.75 Å². The van der Waals surface area contributed by atoms with Gasteiger partial charge in [-0.1, -0.05) is 0 Å². The highest BCUT2D eigenvalue weighted by Gasteiger charge is 2.47. The summed E-state index contributed by atoms with van der Waals surface area (Å²) in [7, 11) is -5.52. The van der Waals surface area contributed by atoms with Gasteiger partial charge in [-0.2, -0.15) is 13.2 Å². The number of carbonyl (C=O) groups excluding carboxylic acids is 2. The third-order valence-electron chi connectivity index (χ3n) is 4.28. The summed E-state index contributed by atoms with van der Waals surface area (Å²) < 4.78 is 66.3. The van der Waals surface area contributed by atoms with Crippen molar-refractivity contribution in [1.29, 1.82) is 0 Å². The van der Waals surface area contributed by atoms with Gasteiger partial charge in [-0.05, 0) is 37.3 Å². The van der Waals surface area contributed by atoms with Crippen LogP contribution in [-0.4, -0.2) is 48.9 Å². The smallest absolute Gasteiger partial charge is 0.492 e. The van der Waals surface area contributed by atoms with Gasteiger partial charge in [-0.25, -0.2) is 18.1 Å². The minimum atomic E-state index is -5.52. The SMILES string of the molecule is CCOc1cnccc1CN1CC(=O)N(c2ccc(S(=O)(=O)C(F)(F)F)cc2)C1=O. The lowest BCUT2D eigenvalue weighted by atomic mass is 10.2. The minimum absolute atomic E-state index is 0.0339. The first-order valence-corrected chi connectivity index (χ1v) is 10.1. The molecule has 8 nitrogen and oxygen atoms in total. The van der Waals surface area contributed by atoms with Crippen LogP contribution in [0.25, 0.3) is 0 Å². The number of imide groups is 1. The fraction of sp³-hybridized carbons (Fsp3) is 0.278. The summed E-state index contributed by atoms with van der Waals surface area (Å²) in [6.45, 7) is 1.96. The molecule has 0 radical (unpaired) electrons. The highest BCUT2D eigenvalue weighted by atomic mass is 32.2. The van der Waals surface area contributed by atoms with E-state index >= 15 is 0 Å². The Labute approximate surface area is 169 Å². The Balaban J connectivity index is 1.82. The molecule has 0 bridgehead atoms. The molecule has 2 aromatic rings. The second-order valence-corrected chi connectivity index (χ2v) is 8.17. The van der Waals surface area contributed by atoms with Gasteiger partial charge in [0.05, 0.1) is 29.9 Å². The Morgan fingerprint density at radius 3 is 2.40 bits per heavy atom. The first-order valence-electron chi connectivity index (χ1n) is 8.65. The van der Waals surface area contributed by atoms with Crippen molar-refractivity contribution < 1.29 is 35.9 Å². The molecule has 1 aromatic carbocycles. The van der Waals surface area contributed by atoms with E-state index in [4.69, 9.17) is 4.74 Å². The molecule has 30 heavy (non-hydrogen) atoms. The summed E-state index contributed by atoms with van der Waals surface area (Å²) in [5.41, 5.74) is -4.86. The van der Waals surface area contributed by atoms with Gasteiger partial charge < -0.3 is 9.64 Å². The average molecular weight is 443 g/mol. The molecule has 12 heteroatoms. The molecule has 3 amide bonds. The Kier molecular flexibility index (Phi) is 5.70. The van der Waals surface area contributed by atoms with Gasteiger partial charge in [0.25, 0.3) is 15.7 Å². The van der Waals surface area contributed by atoms with E-state index in [9.17, 15) is 31.2 Å². The first kappa shape index (κ1) is 21.6. The number of pyridine rings is 1. The predicted octanol–water partition coefficient (Wildman–Crippen LogP) is 2.74. The quantitative estimate of drug-likeness (QED) is 0.637. The van der Waals surface area contributed by atoms with Gasteiger partial charge in [0.15, 0.2) is 0 Å². The van der Waals surface area contributed by atoms with Gasteiger partial charge in [-0.15, -0.1) is 0 Å². The molecule has 3 rings (SSSR count). The first-order chi connectivity index (χ1) is 14.1. The Morgan fingerprint density at radius 2 is 1.80 bits per heavy atom. The maximum atomic E-state index is 12.7. The molecule has 0 aliphatic carbocycles. The number of nitrogens with zero attached hydrogens (tertiary/aromatic N) is 3. The molecule has 2 heterocycles. The minimum Gasteiger partial charge on any atom is -0.492 e. The number of urea groups is 1. The summed E-state index contributed by atoms with van der Waals surface area (Å²) in [5.74, 6) is -0.140. The maximum Gasteiger partial charge on any atom is 0.501 e. The number of amides is 3. The number of hydrogen-bond acceptors (Lipinski definition) is 6. The van der Waals surface area contributed by atoms with Gasteiger partial charge in [-0.3, -0.25) is 9.78 Å². The van der Waals surface area contributed by atoms with Crippen molar-refractivity contribution in [3.05, 3.63) is 48.3 Å². The van der Waals surface area contributed by atoms with E-state index in [0.29, 0.717) is 30.1 Å². The molecule has 1 saturated heterocycles. The Hall–Kier alpha value is -3.15. The number of carbonyl (C=O) groups is 2. The van der Waals surface area contributed by atoms with E-state index in [0.717, 1.165) is 17.0 Å². The number of ether oxygens (including phenoxy) is 1. The molecular weight excluding hydrogens is 427 g/mol. The lowest BCUT2D eigenvalue weighted by Crippen LogP contribution is -2.33. The molecule has 0 spiro atoms. The third kappa shape index (κ3) is 3.95. The standard InChI is InChI=1S/C18H16F3N3O5S/c1-2-29-15-9-22-8-7-12(15)10-23-11-16(25)24(17(23)26)13-3-5-14(6-4-13)30(27,28)18(19,20)21/h3-9H,2,10-11H2,1H3. The number of hydrogen-bond donors (Lipinski definition) is 0. The predicted molar refractivity (Wildman–Crippen MR) is 98.4 cm³/mol. The van der Waals surface area contributed by atoms with Crippen LogP contribution >= 0.6 is 0 Å². The van der Waals surface area contributed by atoms with E-state index in [1.807, 2.05) is 0 Å². The van der Waals surface area contributed by atoms with Crippen molar-refractivity contribution >= 4 is 27.5 Å². The number of anilines is 1. The molecule has 0 N–H and O–H groups in total. The number of sulfone groups is 1. The fourth-order valence-electron chi connectivity index (χ4n) is 2.87. The number of rotatable bonds is 6. The molecule has 1 aromatic heterocycles. The van der Waals surface area contributed by atoms with Crippen LogP contribution in [-0.2, 0) is 21.2 Å². The molecule has 0 unspecified atom stereocenters. The van der Waals surface area contributed by atoms with Gasteiger partial charge in [0.2, 0.25) is 0 Å². The number of halogens is 3. The average Bonchev–Trinajstić information content (AvgIpc) is 2.96. The topological polar surface area (TPSA) is 96.9 Å². The van der Waals surface area contributed by atoms with Crippen molar-refractivity contribution in [3.63, 3.8) is 0 Å². The van der Waals surface area contributed by atoms with Crippen molar-refractivity contribution in [2.45, 2.75) is 23.9 Å². The van der Waals surface area contributed by atoms with Crippen LogP contribution in [0, 0.1) is 0 Å². The zero-order valence-electron chi connectivity index (χ0n) is 15.6. The largest absolute Gasteiger partial charge is 0.501 e. The molecule has 160 valence electrons. The van der Waals surface area contributed by atoms with E-state index in [1.165, 1.54) is 17.3 Å². The lowest BCUT2D eigenvalue weighted by molar-refractivity contribution is -0.116. The van der Waals surface area contributed by atoms with Crippen LogP contribution in [0.2, 0.25) is 0 Å². The molecule has 0 atom stereocenters. The Bertz CT molecular complexity index is 1070. The Morgan fingerprint density at radius 1 is 1.13 bits per heavy atom. The highest BCUT2D eigenvalue weighted by molar-refractivity contribution is 7.92. The van der Waals surface area contributed by atoms with Crippen LogP contribution in [0.5, 0.6) is 5.75 Å². The van der Waals surface area contributed by atoms with Crippen LogP contribution < -0.4 is 9.64 Å². The maximum absolute atomic E-state index is 12.7. The summed E-state index contributed by atoms with van der Waals surface area (Å²) in [4.78, 5) is 30.1. The molecule has 1 aliphatic heterocycles.